The zero-order chi connectivity index (χ0) is 19.8. The smallest absolute Gasteiger partial charge is 0.254 e. The van der Waals surface area contributed by atoms with Gasteiger partial charge < -0.3 is 10.2 Å². The van der Waals surface area contributed by atoms with Crippen molar-refractivity contribution in [3.8, 4) is 0 Å². The highest BCUT2D eigenvalue weighted by molar-refractivity contribution is 6.06. The van der Waals surface area contributed by atoms with Crippen LogP contribution in [0.2, 0.25) is 0 Å². The molecule has 2 aromatic rings. The maximum absolute atomic E-state index is 13.2. The second-order valence-electron chi connectivity index (χ2n) is 8.12. The van der Waals surface area contributed by atoms with E-state index in [9.17, 15) is 9.59 Å². The van der Waals surface area contributed by atoms with Gasteiger partial charge in [-0.3, -0.25) is 19.5 Å². The van der Waals surface area contributed by atoms with Gasteiger partial charge in [0.15, 0.2) is 0 Å². The van der Waals surface area contributed by atoms with Crippen LogP contribution in [-0.2, 0) is 4.79 Å². The number of nitrogens with one attached hydrogen (secondary N) is 1. The first-order valence-electron chi connectivity index (χ1n) is 10.1. The number of aromatic nitrogens is 1. The number of hydrogen-bond acceptors (Lipinski definition) is 4. The van der Waals surface area contributed by atoms with Crippen LogP contribution in [0.5, 0.6) is 0 Å². The summed E-state index contributed by atoms with van der Waals surface area (Å²) in [5.74, 6) is 0.157. The normalized spacial score (nSPS) is 18.9. The lowest BCUT2D eigenvalue weighted by Gasteiger charge is -2.37. The monoisotopic (exact) mass is 380 g/mol. The minimum absolute atomic E-state index is 0.0517. The SMILES string of the molecule is Cc1ccc2nc(C)cc(C(=O)N3CCN(C(C)C(=O)NC4CC4)CC3)c2c1. The zero-order valence-corrected chi connectivity index (χ0v) is 16.9. The third-order valence-electron chi connectivity index (χ3n) is 5.78. The molecule has 1 aromatic heterocycles. The molecule has 1 aliphatic carbocycles. The molecule has 1 saturated carbocycles. The van der Waals surface area contributed by atoms with Crippen molar-refractivity contribution in [2.24, 2.45) is 0 Å². The van der Waals surface area contributed by atoms with Gasteiger partial charge in [0.1, 0.15) is 0 Å². The first-order chi connectivity index (χ1) is 13.4. The number of benzene rings is 1. The van der Waals surface area contributed by atoms with Gasteiger partial charge in [0, 0.05) is 43.3 Å². The van der Waals surface area contributed by atoms with Gasteiger partial charge in [-0.15, -0.1) is 0 Å². The van der Waals surface area contributed by atoms with E-state index >= 15 is 0 Å². The molecule has 2 aliphatic rings. The van der Waals surface area contributed by atoms with Crippen molar-refractivity contribution < 1.29 is 9.59 Å². The number of aryl methyl sites for hydroxylation is 2. The van der Waals surface area contributed by atoms with Crippen LogP contribution in [-0.4, -0.2) is 64.9 Å². The molecule has 1 atom stereocenters. The van der Waals surface area contributed by atoms with Crippen LogP contribution in [0, 0.1) is 13.8 Å². The van der Waals surface area contributed by atoms with Crippen molar-refractivity contribution in [3.05, 3.63) is 41.1 Å². The molecule has 2 amide bonds. The van der Waals surface area contributed by atoms with E-state index in [-0.39, 0.29) is 17.9 Å². The Hall–Kier alpha value is -2.47. The molecule has 0 bridgehead atoms. The summed E-state index contributed by atoms with van der Waals surface area (Å²) in [6, 6.07) is 8.16. The average molecular weight is 380 g/mol. The van der Waals surface area contributed by atoms with Gasteiger partial charge >= 0.3 is 0 Å². The van der Waals surface area contributed by atoms with Gasteiger partial charge in [0.25, 0.3) is 5.91 Å². The Morgan fingerprint density at radius 2 is 1.82 bits per heavy atom. The third kappa shape index (κ3) is 3.87. The summed E-state index contributed by atoms with van der Waals surface area (Å²) in [5, 5.41) is 3.99. The molecule has 4 rings (SSSR count). The number of nitrogens with zero attached hydrogens (tertiary/aromatic N) is 3. The molecule has 6 nitrogen and oxygen atoms in total. The number of carbonyl (C=O) groups is 2. The molecule has 1 N–H and O–H groups in total. The predicted octanol–water partition coefficient (Wildman–Crippen LogP) is 2.28. The van der Waals surface area contributed by atoms with E-state index < -0.39 is 0 Å². The summed E-state index contributed by atoms with van der Waals surface area (Å²) in [4.78, 5) is 34.2. The molecule has 6 heteroatoms. The second-order valence-corrected chi connectivity index (χ2v) is 8.12. The Morgan fingerprint density at radius 1 is 1.11 bits per heavy atom. The van der Waals surface area contributed by atoms with Gasteiger partial charge in [-0.05, 0) is 51.8 Å². The Labute approximate surface area is 165 Å². The molecule has 1 aromatic carbocycles. The average Bonchev–Trinajstić information content (AvgIpc) is 3.50. The Bertz CT molecular complexity index is 914. The van der Waals surface area contributed by atoms with Gasteiger partial charge in [-0.1, -0.05) is 11.6 Å². The van der Waals surface area contributed by atoms with Crippen LogP contribution in [0.3, 0.4) is 0 Å². The van der Waals surface area contributed by atoms with E-state index in [0.717, 1.165) is 40.6 Å². The van der Waals surface area contributed by atoms with Gasteiger partial charge in [-0.2, -0.15) is 0 Å². The largest absolute Gasteiger partial charge is 0.352 e. The van der Waals surface area contributed by atoms with Crippen molar-refractivity contribution in [2.45, 2.75) is 45.7 Å². The van der Waals surface area contributed by atoms with E-state index in [2.05, 4.69) is 15.2 Å². The summed E-state index contributed by atoms with van der Waals surface area (Å²) in [6.07, 6.45) is 2.19. The lowest BCUT2D eigenvalue weighted by Crippen LogP contribution is -2.55. The van der Waals surface area contributed by atoms with E-state index in [1.54, 1.807) is 0 Å². The number of amides is 2. The van der Waals surface area contributed by atoms with Crippen molar-refractivity contribution in [2.75, 3.05) is 26.2 Å². The first kappa shape index (κ1) is 18.9. The molecule has 1 saturated heterocycles. The van der Waals surface area contributed by atoms with Crippen LogP contribution in [0.1, 0.15) is 41.4 Å². The van der Waals surface area contributed by atoms with E-state index in [4.69, 9.17) is 0 Å². The van der Waals surface area contributed by atoms with E-state index in [0.29, 0.717) is 32.2 Å². The number of fused-ring (bicyclic) bond motifs is 1. The molecular weight excluding hydrogens is 352 g/mol. The van der Waals surface area contributed by atoms with Crippen LogP contribution < -0.4 is 5.32 Å². The van der Waals surface area contributed by atoms with E-state index in [1.807, 2.05) is 49.9 Å². The summed E-state index contributed by atoms with van der Waals surface area (Å²) in [6.45, 7) is 8.60. The number of rotatable bonds is 4. The van der Waals surface area contributed by atoms with Crippen molar-refractivity contribution in [1.29, 1.82) is 0 Å². The second kappa shape index (κ2) is 7.51. The zero-order valence-electron chi connectivity index (χ0n) is 16.9. The minimum Gasteiger partial charge on any atom is -0.352 e. The Kier molecular flexibility index (Phi) is 5.06. The van der Waals surface area contributed by atoms with Crippen LogP contribution >= 0.6 is 0 Å². The van der Waals surface area contributed by atoms with Gasteiger partial charge in [0.2, 0.25) is 5.91 Å². The first-order valence-corrected chi connectivity index (χ1v) is 10.1. The quantitative estimate of drug-likeness (QED) is 0.884. The molecule has 28 heavy (non-hydrogen) atoms. The van der Waals surface area contributed by atoms with Gasteiger partial charge in [-0.25, -0.2) is 0 Å². The molecule has 148 valence electrons. The predicted molar refractivity (Wildman–Crippen MR) is 109 cm³/mol. The topological polar surface area (TPSA) is 65.5 Å². The lowest BCUT2D eigenvalue weighted by atomic mass is 10.0. The van der Waals surface area contributed by atoms with Crippen molar-refractivity contribution in [3.63, 3.8) is 0 Å². The number of pyridine rings is 1. The lowest BCUT2D eigenvalue weighted by molar-refractivity contribution is -0.126. The summed E-state index contributed by atoms with van der Waals surface area (Å²) >= 11 is 0. The highest BCUT2D eigenvalue weighted by Crippen LogP contribution is 2.23. The molecular formula is C22H28N4O2. The highest BCUT2D eigenvalue weighted by Gasteiger charge is 2.31. The number of hydrogen-bond donors (Lipinski definition) is 1. The molecule has 2 fully saturated rings. The Balaban J connectivity index is 1.46. The summed E-state index contributed by atoms with van der Waals surface area (Å²) in [5.41, 5.74) is 3.55. The fourth-order valence-corrected chi connectivity index (χ4v) is 3.85. The third-order valence-corrected chi connectivity index (χ3v) is 5.78. The molecule has 2 heterocycles. The minimum atomic E-state index is -0.149. The maximum Gasteiger partial charge on any atom is 0.254 e. The standard InChI is InChI=1S/C22H28N4O2/c1-14-4-7-20-18(12-14)19(13-15(2)23-20)22(28)26-10-8-25(9-11-26)16(3)21(27)24-17-5-6-17/h4,7,12-13,16-17H,5-6,8-11H2,1-3H3,(H,24,27). The fourth-order valence-electron chi connectivity index (χ4n) is 3.85. The van der Waals surface area contributed by atoms with Crippen molar-refractivity contribution in [1.82, 2.24) is 20.1 Å². The van der Waals surface area contributed by atoms with Crippen LogP contribution in [0.15, 0.2) is 24.3 Å². The van der Waals surface area contributed by atoms with Crippen LogP contribution in [0.4, 0.5) is 0 Å². The van der Waals surface area contributed by atoms with Crippen LogP contribution in [0.25, 0.3) is 10.9 Å². The summed E-state index contributed by atoms with van der Waals surface area (Å²) in [7, 11) is 0. The number of piperazine rings is 1. The molecule has 1 aliphatic heterocycles. The van der Waals surface area contributed by atoms with Gasteiger partial charge in [0.05, 0.1) is 17.1 Å². The number of carbonyl (C=O) groups excluding carboxylic acids is 2. The summed E-state index contributed by atoms with van der Waals surface area (Å²) < 4.78 is 0. The highest BCUT2D eigenvalue weighted by atomic mass is 16.2. The fraction of sp³-hybridized carbons (Fsp3) is 0.500. The van der Waals surface area contributed by atoms with Crippen molar-refractivity contribution >= 4 is 22.7 Å². The molecule has 0 spiro atoms. The van der Waals surface area contributed by atoms with E-state index in [1.165, 1.54) is 0 Å². The maximum atomic E-state index is 13.2. The Morgan fingerprint density at radius 3 is 2.50 bits per heavy atom. The molecule has 0 radical (unpaired) electrons. The molecule has 1 unspecified atom stereocenters.